The second kappa shape index (κ2) is 6.96. The minimum absolute atomic E-state index is 0.0613. The fraction of sp³-hybridized carbons (Fsp3) is 0.500. The minimum atomic E-state index is -4.48. The molecule has 0 bridgehead atoms. The Morgan fingerprint density at radius 2 is 2.08 bits per heavy atom. The third kappa shape index (κ3) is 4.16. The molecule has 0 fully saturated rings. The molecule has 0 aliphatic heterocycles. The SMILES string of the molecule is Cc1cc(C(F)(F)F)nn1CCC(=O)N(C)Cc1c(Br)cnn1C. The highest BCUT2D eigenvalue weighted by Crippen LogP contribution is 2.28. The first-order chi connectivity index (χ1) is 11.1. The Hall–Kier alpha value is -1.84. The van der Waals surface area contributed by atoms with Crippen molar-refractivity contribution >= 4 is 21.8 Å². The number of hydrogen-bond acceptors (Lipinski definition) is 3. The summed E-state index contributed by atoms with van der Waals surface area (Å²) in [5.41, 5.74) is 0.257. The Kier molecular flexibility index (Phi) is 5.36. The van der Waals surface area contributed by atoms with Gasteiger partial charge in [-0.25, -0.2) is 0 Å². The van der Waals surface area contributed by atoms with Crippen molar-refractivity contribution in [3.63, 3.8) is 0 Å². The molecule has 0 aliphatic rings. The first-order valence-electron chi connectivity index (χ1n) is 7.11. The van der Waals surface area contributed by atoms with Gasteiger partial charge in [0.2, 0.25) is 5.91 Å². The summed E-state index contributed by atoms with van der Waals surface area (Å²) < 4.78 is 41.5. The van der Waals surface area contributed by atoms with Gasteiger partial charge in [0.25, 0.3) is 0 Å². The van der Waals surface area contributed by atoms with Crippen LogP contribution in [0.3, 0.4) is 0 Å². The zero-order valence-corrected chi connectivity index (χ0v) is 15.0. The van der Waals surface area contributed by atoms with Gasteiger partial charge in [-0.2, -0.15) is 23.4 Å². The minimum Gasteiger partial charge on any atom is -0.340 e. The summed E-state index contributed by atoms with van der Waals surface area (Å²) in [6.07, 6.45) is -2.78. The van der Waals surface area contributed by atoms with Crippen molar-refractivity contribution < 1.29 is 18.0 Å². The maximum atomic E-state index is 12.6. The molecule has 0 N–H and O–H groups in total. The number of hydrogen-bond donors (Lipinski definition) is 0. The van der Waals surface area contributed by atoms with E-state index in [4.69, 9.17) is 0 Å². The van der Waals surface area contributed by atoms with Crippen LogP contribution in [0.1, 0.15) is 23.5 Å². The predicted molar refractivity (Wildman–Crippen MR) is 84.0 cm³/mol. The number of carbonyl (C=O) groups excluding carboxylic acids is 1. The number of halogens is 4. The van der Waals surface area contributed by atoms with Crippen molar-refractivity contribution in [2.75, 3.05) is 7.05 Å². The molecular weight excluding hydrogens is 391 g/mol. The molecule has 24 heavy (non-hydrogen) atoms. The first kappa shape index (κ1) is 18.5. The number of aryl methyl sites for hydroxylation is 3. The Labute approximate surface area is 145 Å². The van der Waals surface area contributed by atoms with Crippen LogP contribution in [-0.2, 0) is 31.1 Å². The van der Waals surface area contributed by atoms with Gasteiger partial charge >= 0.3 is 6.18 Å². The number of aromatic nitrogens is 4. The van der Waals surface area contributed by atoms with E-state index >= 15 is 0 Å². The molecule has 1 amide bonds. The van der Waals surface area contributed by atoms with Crippen LogP contribution in [0.15, 0.2) is 16.7 Å². The third-order valence-corrected chi connectivity index (χ3v) is 4.29. The maximum Gasteiger partial charge on any atom is 0.435 e. The average molecular weight is 408 g/mol. The molecule has 2 rings (SSSR count). The van der Waals surface area contributed by atoms with E-state index in [1.165, 1.54) is 16.5 Å². The van der Waals surface area contributed by atoms with Crippen molar-refractivity contribution in [2.45, 2.75) is 32.6 Å². The lowest BCUT2D eigenvalue weighted by molar-refractivity contribution is -0.141. The van der Waals surface area contributed by atoms with Gasteiger partial charge in [-0.15, -0.1) is 0 Å². The van der Waals surface area contributed by atoms with Gasteiger partial charge in [-0.1, -0.05) is 0 Å². The molecule has 0 radical (unpaired) electrons. The molecule has 0 spiro atoms. The van der Waals surface area contributed by atoms with Gasteiger partial charge in [0.15, 0.2) is 5.69 Å². The van der Waals surface area contributed by atoms with E-state index in [0.29, 0.717) is 12.2 Å². The topological polar surface area (TPSA) is 56.0 Å². The van der Waals surface area contributed by atoms with Crippen molar-refractivity contribution in [3.05, 3.63) is 33.8 Å². The highest BCUT2D eigenvalue weighted by atomic mass is 79.9. The number of alkyl halides is 3. The fourth-order valence-electron chi connectivity index (χ4n) is 2.19. The van der Waals surface area contributed by atoms with E-state index in [-0.39, 0.29) is 18.9 Å². The van der Waals surface area contributed by atoms with E-state index in [0.717, 1.165) is 16.2 Å². The summed E-state index contributed by atoms with van der Waals surface area (Å²) in [5.74, 6) is -0.188. The molecule has 0 saturated heterocycles. The van der Waals surface area contributed by atoms with Crippen LogP contribution in [0.25, 0.3) is 0 Å². The number of amides is 1. The molecule has 2 aromatic heterocycles. The lowest BCUT2D eigenvalue weighted by atomic mass is 10.3. The van der Waals surface area contributed by atoms with Crippen LogP contribution >= 0.6 is 15.9 Å². The first-order valence-corrected chi connectivity index (χ1v) is 7.91. The highest BCUT2D eigenvalue weighted by molar-refractivity contribution is 9.10. The Balaban J connectivity index is 1.97. The molecule has 6 nitrogen and oxygen atoms in total. The van der Waals surface area contributed by atoms with Gasteiger partial charge < -0.3 is 4.90 Å². The van der Waals surface area contributed by atoms with Crippen LogP contribution in [-0.4, -0.2) is 37.4 Å². The quantitative estimate of drug-likeness (QED) is 0.765. The van der Waals surface area contributed by atoms with E-state index < -0.39 is 11.9 Å². The number of carbonyl (C=O) groups is 1. The normalized spacial score (nSPS) is 11.8. The van der Waals surface area contributed by atoms with Crippen molar-refractivity contribution in [3.8, 4) is 0 Å². The van der Waals surface area contributed by atoms with Crippen LogP contribution in [0, 0.1) is 6.92 Å². The van der Waals surface area contributed by atoms with Gasteiger partial charge in [0.1, 0.15) is 0 Å². The molecular formula is C14H17BrF3N5O. The molecule has 0 aliphatic carbocycles. The zero-order valence-electron chi connectivity index (χ0n) is 13.4. The molecule has 132 valence electrons. The predicted octanol–water partition coefficient (Wildman–Crippen LogP) is 2.76. The van der Waals surface area contributed by atoms with Crippen molar-refractivity contribution in [2.24, 2.45) is 7.05 Å². The monoisotopic (exact) mass is 407 g/mol. The van der Waals surface area contributed by atoms with Crippen LogP contribution in [0.2, 0.25) is 0 Å². The van der Waals surface area contributed by atoms with Crippen LogP contribution < -0.4 is 0 Å². The van der Waals surface area contributed by atoms with Crippen molar-refractivity contribution in [1.82, 2.24) is 24.5 Å². The standard InChI is InChI=1S/C14H17BrF3N5O/c1-9-6-12(14(16,17)18)20-23(9)5-4-13(24)21(2)8-11-10(15)7-19-22(11)3/h6-7H,4-5,8H2,1-3H3. The summed E-state index contributed by atoms with van der Waals surface area (Å²) in [5, 5.41) is 7.59. The molecule has 0 atom stereocenters. The molecule has 2 heterocycles. The highest BCUT2D eigenvalue weighted by Gasteiger charge is 2.34. The summed E-state index contributed by atoms with van der Waals surface area (Å²) in [6, 6.07) is 0.973. The van der Waals surface area contributed by atoms with Gasteiger partial charge in [-0.3, -0.25) is 14.2 Å². The third-order valence-electron chi connectivity index (χ3n) is 3.63. The second-order valence-corrected chi connectivity index (χ2v) is 6.31. The van der Waals surface area contributed by atoms with Crippen molar-refractivity contribution in [1.29, 1.82) is 0 Å². The zero-order chi connectivity index (χ0) is 18.1. The van der Waals surface area contributed by atoms with Crippen LogP contribution in [0.5, 0.6) is 0 Å². The van der Waals surface area contributed by atoms with E-state index in [9.17, 15) is 18.0 Å². The summed E-state index contributed by atoms with van der Waals surface area (Å²) >= 11 is 3.36. The number of nitrogens with zero attached hydrogens (tertiary/aromatic N) is 5. The number of rotatable bonds is 5. The lowest BCUT2D eigenvalue weighted by Crippen LogP contribution is -2.28. The lowest BCUT2D eigenvalue weighted by Gasteiger charge is -2.18. The van der Waals surface area contributed by atoms with E-state index in [1.54, 1.807) is 25.0 Å². The van der Waals surface area contributed by atoms with Crippen LogP contribution in [0.4, 0.5) is 13.2 Å². The second-order valence-electron chi connectivity index (χ2n) is 5.45. The maximum absolute atomic E-state index is 12.6. The summed E-state index contributed by atoms with van der Waals surface area (Å²) in [7, 11) is 3.41. The average Bonchev–Trinajstić information content (AvgIpc) is 3.01. The van der Waals surface area contributed by atoms with Gasteiger partial charge in [0.05, 0.1) is 22.9 Å². The molecule has 2 aromatic rings. The molecule has 0 saturated carbocycles. The fourth-order valence-corrected chi connectivity index (χ4v) is 2.67. The van der Waals surface area contributed by atoms with Gasteiger partial charge in [-0.05, 0) is 28.9 Å². The van der Waals surface area contributed by atoms with E-state index in [1.807, 2.05) is 0 Å². The molecule has 0 unspecified atom stereocenters. The van der Waals surface area contributed by atoms with E-state index in [2.05, 4.69) is 26.1 Å². The largest absolute Gasteiger partial charge is 0.435 e. The van der Waals surface area contributed by atoms with Gasteiger partial charge in [0, 0.05) is 32.8 Å². The Morgan fingerprint density at radius 3 is 2.58 bits per heavy atom. The smallest absolute Gasteiger partial charge is 0.340 e. The Bertz CT molecular complexity index is 718. The molecule has 10 heteroatoms. The summed E-state index contributed by atoms with van der Waals surface area (Å²) in [6.45, 7) is 1.97. The Morgan fingerprint density at radius 1 is 1.42 bits per heavy atom. The molecule has 0 aromatic carbocycles. The summed E-state index contributed by atoms with van der Waals surface area (Å²) in [4.78, 5) is 13.7.